The molecule has 0 aliphatic heterocycles. The number of fused-ring (bicyclic) bond motifs is 1. The minimum absolute atomic E-state index is 0.624. The predicted octanol–water partition coefficient (Wildman–Crippen LogP) is 2.85. The van der Waals surface area contributed by atoms with E-state index in [4.69, 9.17) is 9.47 Å². The smallest absolute Gasteiger partial charge is 0.123 e. The highest BCUT2D eigenvalue weighted by Gasteiger charge is 2.05. The molecule has 0 fully saturated rings. The number of hydrogen-bond donors (Lipinski definition) is 0. The summed E-state index contributed by atoms with van der Waals surface area (Å²) in [7, 11) is 3.74. The van der Waals surface area contributed by atoms with E-state index in [2.05, 4.69) is 35.2 Å². The molecule has 0 atom stereocenters. The highest BCUT2D eigenvalue weighted by atomic mass is 16.5. The number of benzene rings is 1. The fourth-order valence-corrected chi connectivity index (χ4v) is 2.49. The van der Waals surface area contributed by atoms with Crippen LogP contribution in [0.3, 0.4) is 0 Å². The van der Waals surface area contributed by atoms with Crippen LogP contribution < -0.4 is 9.47 Å². The lowest BCUT2D eigenvalue weighted by molar-refractivity contribution is 0.230. The highest BCUT2D eigenvalue weighted by molar-refractivity contribution is 5.46. The third-order valence-electron chi connectivity index (χ3n) is 3.71. The van der Waals surface area contributed by atoms with Gasteiger partial charge >= 0.3 is 0 Å². The zero-order valence-corrected chi connectivity index (χ0v) is 13.5. The zero-order valence-electron chi connectivity index (χ0n) is 13.5. The lowest BCUT2D eigenvalue weighted by atomic mass is 10.3. The third-order valence-corrected chi connectivity index (χ3v) is 3.71. The molecule has 1 aromatic carbocycles. The van der Waals surface area contributed by atoms with Gasteiger partial charge in [0, 0.05) is 25.4 Å². The van der Waals surface area contributed by atoms with E-state index < -0.39 is 0 Å². The Morgan fingerprint density at radius 3 is 2.78 bits per heavy atom. The molecule has 0 N–H and O–H groups in total. The van der Waals surface area contributed by atoms with Crippen molar-refractivity contribution in [2.45, 2.75) is 6.54 Å². The summed E-state index contributed by atoms with van der Waals surface area (Å²) in [6, 6.07) is 15.9. The molecule has 0 aliphatic rings. The molecule has 3 aromatic rings. The molecule has 0 saturated carbocycles. The van der Waals surface area contributed by atoms with Crippen molar-refractivity contribution >= 4 is 5.52 Å². The molecule has 0 bridgehead atoms. The van der Waals surface area contributed by atoms with Gasteiger partial charge in [-0.15, -0.1) is 0 Å². The van der Waals surface area contributed by atoms with Crippen LogP contribution in [-0.4, -0.2) is 41.8 Å². The molecule has 3 rings (SSSR count). The summed E-state index contributed by atoms with van der Waals surface area (Å²) in [5, 5.41) is 4.36. The van der Waals surface area contributed by atoms with E-state index in [1.54, 1.807) is 7.11 Å². The van der Waals surface area contributed by atoms with E-state index in [1.807, 2.05) is 41.0 Å². The van der Waals surface area contributed by atoms with Crippen molar-refractivity contribution in [1.29, 1.82) is 0 Å². The van der Waals surface area contributed by atoms with Crippen LogP contribution in [0, 0.1) is 0 Å². The SMILES string of the molecule is COc1cccc(OCCN(C)Cc2cccc3ccnn23)c1. The van der Waals surface area contributed by atoms with Gasteiger partial charge in [0.25, 0.3) is 0 Å². The molecule has 0 spiro atoms. The topological polar surface area (TPSA) is 39.0 Å². The first-order valence-electron chi connectivity index (χ1n) is 7.63. The molecule has 0 amide bonds. The van der Waals surface area contributed by atoms with Crippen molar-refractivity contribution in [2.75, 3.05) is 27.3 Å². The van der Waals surface area contributed by atoms with Gasteiger partial charge in [-0.1, -0.05) is 12.1 Å². The first-order chi connectivity index (χ1) is 11.3. The summed E-state index contributed by atoms with van der Waals surface area (Å²) < 4.78 is 13.0. The molecular formula is C18H21N3O2. The van der Waals surface area contributed by atoms with Gasteiger partial charge in [0.15, 0.2) is 0 Å². The van der Waals surface area contributed by atoms with E-state index in [-0.39, 0.29) is 0 Å². The minimum Gasteiger partial charge on any atom is -0.497 e. The Hall–Kier alpha value is -2.53. The summed E-state index contributed by atoms with van der Waals surface area (Å²) >= 11 is 0. The molecular weight excluding hydrogens is 290 g/mol. The Kier molecular flexibility index (Phi) is 4.78. The summed E-state index contributed by atoms with van der Waals surface area (Å²) in [6.07, 6.45) is 1.82. The standard InChI is InChI=1S/C18H21N3O2/c1-20(11-12-23-18-8-4-7-17(13-18)22-2)14-16-6-3-5-15-9-10-19-21(15)16/h3-10,13H,11-12,14H2,1-2H3. The summed E-state index contributed by atoms with van der Waals surface area (Å²) in [5.41, 5.74) is 2.28. The Morgan fingerprint density at radius 1 is 1.09 bits per heavy atom. The molecule has 120 valence electrons. The van der Waals surface area contributed by atoms with Crippen LogP contribution in [0.4, 0.5) is 0 Å². The fraction of sp³-hybridized carbons (Fsp3) is 0.278. The maximum Gasteiger partial charge on any atom is 0.123 e. The first-order valence-corrected chi connectivity index (χ1v) is 7.63. The Morgan fingerprint density at radius 2 is 1.91 bits per heavy atom. The van der Waals surface area contributed by atoms with Crippen LogP contribution in [-0.2, 0) is 6.54 Å². The summed E-state index contributed by atoms with van der Waals surface area (Å²) in [4.78, 5) is 2.22. The molecule has 2 aromatic heterocycles. The molecule has 0 radical (unpaired) electrons. The van der Waals surface area contributed by atoms with Gasteiger partial charge in [-0.3, -0.25) is 4.90 Å². The fourth-order valence-electron chi connectivity index (χ4n) is 2.49. The molecule has 5 nitrogen and oxygen atoms in total. The molecule has 0 unspecified atom stereocenters. The van der Waals surface area contributed by atoms with E-state index in [9.17, 15) is 0 Å². The van der Waals surface area contributed by atoms with Gasteiger partial charge in [0.2, 0.25) is 0 Å². The quantitative estimate of drug-likeness (QED) is 0.672. The van der Waals surface area contributed by atoms with Gasteiger partial charge in [-0.05, 0) is 37.4 Å². The van der Waals surface area contributed by atoms with Crippen molar-refractivity contribution in [3.05, 3.63) is 60.4 Å². The Labute approximate surface area is 136 Å². The molecule has 5 heteroatoms. The largest absolute Gasteiger partial charge is 0.497 e. The van der Waals surface area contributed by atoms with Crippen LogP contribution in [0.1, 0.15) is 5.69 Å². The van der Waals surface area contributed by atoms with Gasteiger partial charge < -0.3 is 9.47 Å². The third kappa shape index (κ3) is 3.81. The number of pyridine rings is 1. The maximum atomic E-state index is 5.79. The second-order valence-electron chi connectivity index (χ2n) is 5.45. The second kappa shape index (κ2) is 7.15. The Balaban J connectivity index is 1.53. The van der Waals surface area contributed by atoms with Crippen molar-refractivity contribution in [3.63, 3.8) is 0 Å². The van der Waals surface area contributed by atoms with E-state index in [1.165, 1.54) is 0 Å². The molecule has 0 saturated heterocycles. The lowest BCUT2D eigenvalue weighted by Crippen LogP contribution is -2.25. The predicted molar refractivity (Wildman–Crippen MR) is 90.0 cm³/mol. The monoisotopic (exact) mass is 311 g/mol. The van der Waals surface area contributed by atoms with Crippen LogP contribution in [0.5, 0.6) is 11.5 Å². The molecule has 0 aliphatic carbocycles. The normalized spacial score (nSPS) is 11.1. The van der Waals surface area contributed by atoms with Gasteiger partial charge in [-0.25, -0.2) is 4.52 Å². The number of rotatable bonds is 7. The average Bonchev–Trinajstić information content (AvgIpc) is 3.05. The Bertz CT molecular complexity index is 770. The van der Waals surface area contributed by atoms with Crippen LogP contribution in [0.25, 0.3) is 5.52 Å². The van der Waals surface area contributed by atoms with E-state index >= 15 is 0 Å². The van der Waals surface area contributed by atoms with Gasteiger partial charge in [-0.2, -0.15) is 5.10 Å². The summed E-state index contributed by atoms with van der Waals surface area (Å²) in [5.74, 6) is 1.63. The molecule has 2 heterocycles. The number of aromatic nitrogens is 2. The average molecular weight is 311 g/mol. The van der Waals surface area contributed by atoms with E-state index in [0.717, 1.165) is 35.8 Å². The first kappa shape index (κ1) is 15.4. The molecule has 23 heavy (non-hydrogen) atoms. The van der Waals surface area contributed by atoms with Crippen molar-refractivity contribution < 1.29 is 9.47 Å². The number of likely N-dealkylation sites (N-methyl/N-ethyl adjacent to an activating group) is 1. The van der Waals surface area contributed by atoms with E-state index in [0.29, 0.717) is 6.61 Å². The van der Waals surface area contributed by atoms with Crippen molar-refractivity contribution in [1.82, 2.24) is 14.5 Å². The van der Waals surface area contributed by atoms with Gasteiger partial charge in [0.1, 0.15) is 18.1 Å². The van der Waals surface area contributed by atoms with Gasteiger partial charge in [0.05, 0.1) is 18.3 Å². The minimum atomic E-state index is 0.624. The maximum absolute atomic E-state index is 5.79. The second-order valence-corrected chi connectivity index (χ2v) is 5.45. The number of hydrogen-bond acceptors (Lipinski definition) is 4. The zero-order chi connectivity index (χ0) is 16.1. The number of methoxy groups -OCH3 is 1. The lowest BCUT2D eigenvalue weighted by Gasteiger charge is -2.17. The van der Waals surface area contributed by atoms with Crippen LogP contribution in [0.2, 0.25) is 0 Å². The van der Waals surface area contributed by atoms with Crippen LogP contribution >= 0.6 is 0 Å². The number of ether oxygens (including phenoxy) is 2. The summed E-state index contributed by atoms with van der Waals surface area (Å²) in [6.45, 7) is 2.27. The number of nitrogens with zero attached hydrogens (tertiary/aromatic N) is 3. The van der Waals surface area contributed by atoms with Crippen molar-refractivity contribution in [2.24, 2.45) is 0 Å². The highest BCUT2D eigenvalue weighted by Crippen LogP contribution is 2.18. The van der Waals surface area contributed by atoms with Crippen LogP contribution in [0.15, 0.2) is 54.7 Å². The van der Waals surface area contributed by atoms with Crippen molar-refractivity contribution in [3.8, 4) is 11.5 Å².